The normalized spacial score (nSPS) is 24.6. The van der Waals surface area contributed by atoms with Crippen LogP contribution < -0.4 is 0 Å². The number of rotatable bonds is 1. The third-order valence-electron chi connectivity index (χ3n) is 2.92. The van der Waals surface area contributed by atoms with Crippen molar-refractivity contribution in [2.24, 2.45) is 5.92 Å². The summed E-state index contributed by atoms with van der Waals surface area (Å²) in [6.07, 6.45) is -0.314. The molecular weight excluding hydrogens is 250 g/mol. The van der Waals surface area contributed by atoms with Gasteiger partial charge in [0.1, 0.15) is 5.60 Å². The van der Waals surface area contributed by atoms with Crippen LogP contribution in [0.2, 0.25) is 0 Å². The fourth-order valence-electron chi connectivity index (χ4n) is 2.01. The van der Waals surface area contributed by atoms with Crippen molar-refractivity contribution in [2.45, 2.75) is 45.3 Å². The molecule has 2 atom stereocenters. The molecule has 0 aromatic carbocycles. The van der Waals surface area contributed by atoms with Crippen LogP contribution in [0.1, 0.15) is 33.6 Å². The van der Waals surface area contributed by atoms with E-state index in [0.717, 1.165) is 0 Å². The first-order valence-electron chi connectivity index (χ1n) is 6.46. The third kappa shape index (κ3) is 5.06. The molecule has 0 aromatic rings. The quantitative estimate of drug-likeness (QED) is 0.726. The predicted octanol–water partition coefficient (Wildman–Crippen LogP) is 1.17. The highest BCUT2D eigenvalue weighted by Crippen LogP contribution is 2.20. The lowest BCUT2D eigenvalue weighted by atomic mass is 10.0. The molecule has 1 heterocycles. The van der Waals surface area contributed by atoms with Gasteiger partial charge in [-0.15, -0.1) is 0 Å². The molecule has 0 aromatic heterocycles. The number of hydrogen-bond donors (Lipinski definition) is 1. The van der Waals surface area contributed by atoms with Gasteiger partial charge in [-0.3, -0.25) is 4.79 Å². The van der Waals surface area contributed by atoms with Crippen molar-refractivity contribution >= 4 is 12.1 Å². The van der Waals surface area contributed by atoms with E-state index in [1.807, 2.05) is 0 Å². The van der Waals surface area contributed by atoms with Crippen molar-refractivity contribution in [3.05, 3.63) is 0 Å². The van der Waals surface area contributed by atoms with E-state index in [1.165, 1.54) is 12.0 Å². The van der Waals surface area contributed by atoms with Gasteiger partial charge in [-0.2, -0.15) is 0 Å². The van der Waals surface area contributed by atoms with Gasteiger partial charge in [0.2, 0.25) is 0 Å². The molecule has 110 valence electrons. The van der Waals surface area contributed by atoms with Gasteiger partial charge in [0.25, 0.3) is 0 Å². The van der Waals surface area contributed by atoms with Gasteiger partial charge in [-0.05, 0) is 33.6 Å². The third-order valence-corrected chi connectivity index (χ3v) is 2.92. The second-order valence-corrected chi connectivity index (χ2v) is 5.82. The van der Waals surface area contributed by atoms with Gasteiger partial charge in [0, 0.05) is 13.1 Å². The van der Waals surface area contributed by atoms with E-state index in [0.29, 0.717) is 19.4 Å². The largest absolute Gasteiger partial charge is 0.469 e. The van der Waals surface area contributed by atoms with Crippen LogP contribution in [0.25, 0.3) is 0 Å². The molecule has 1 N–H and O–H groups in total. The monoisotopic (exact) mass is 273 g/mol. The molecule has 0 spiro atoms. The van der Waals surface area contributed by atoms with Crippen LogP contribution in [0.3, 0.4) is 0 Å². The lowest BCUT2D eigenvalue weighted by Gasteiger charge is -2.27. The summed E-state index contributed by atoms with van der Waals surface area (Å²) in [4.78, 5) is 25.1. The molecule has 1 amide bonds. The first-order valence-corrected chi connectivity index (χ1v) is 6.46. The number of hydrogen-bond acceptors (Lipinski definition) is 5. The summed E-state index contributed by atoms with van der Waals surface area (Å²) in [7, 11) is 1.30. The summed E-state index contributed by atoms with van der Waals surface area (Å²) in [6.45, 7) is 5.96. The van der Waals surface area contributed by atoms with Crippen LogP contribution in [0.15, 0.2) is 0 Å². The summed E-state index contributed by atoms with van der Waals surface area (Å²) in [6, 6.07) is 0. The minimum atomic E-state index is -0.600. The molecular formula is C13H23NO5. The van der Waals surface area contributed by atoms with Gasteiger partial charge in [-0.25, -0.2) is 4.79 Å². The second-order valence-electron chi connectivity index (χ2n) is 5.82. The van der Waals surface area contributed by atoms with Crippen LogP contribution in [-0.4, -0.2) is 54.0 Å². The Bertz CT molecular complexity index is 336. The molecule has 0 aliphatic carbocycles. The predicted molar refractivity (Wildman–Crippen MR) is 68.6 cm³/mol. The van der Waals surface area contributed by atoms with Gasteiger partial charge < -0.3 is 19.5 Å². The molecule has 2 unspecified atom stereocenters. The molecule has 1 rings (SSSR count). The van der Waals surface area contributed by atoms with Crippen molar-refractivity contribution in [1.29, 1.82) is 0 Å². The van der Waals surface area contributed by atoms with Crippen LogP contribution in [-0.2, 0) is 14.3 Å². The summed E-state index contributed by atoms with van der Waals surface area (Å²) in [5.41, 5.74) is -0.581. The standard InChI is InChI=1S/C13H23NO5/c1-13(2,3)19-12(17)14-6-5-10(15)7-9(8-14)11(16)18-4/h9-10,15H,5-8H2,1-4H3. The van der Waals surface area contributed by atoms with E-state index in [9.17, 15) is 14.7 Å². The summed E-state index contributed by atoms with van der Waals surface area (Å²) >= 11 is 0. The zero-order valence-electron chi connectivity index (χ0n) is 12.0. The van der Waals surface area contributed by atoms with Crippen molar-refractivity contribution in [3.63, 3.8) is 0 Å². The Morgan fingerprint density at radius 1 is 1.32 bits per heavy atom. The molecule has 6 nitrogen and oxygen atoms in total. The number of esters is 1. The molecule has 1 fully saturated rings. The first kappa shape index (κ1) is 15.8. The number of methoxy groups -OCH3 is 1. The molecule has 1 aliphatic rings. The van der Waals surface area contributed by atoms with Crippen molar-refractivity contribution in [3.8, 4) is 0 Å². The molecule has 1 aliphatic heterocycles. The number of aliphatic hydroxyl groups is 1. The Morgan fingerprint density at radius 3 is 2.47 bits per heavy atom. The van der Waals surface area contributed by atoms with Gasteiger partial charge in [0.15, 0.2) is 0 Å². The Kier molecular flexibility index (Phi) is 5.17. The molecule has 0 bridgehead atoms. The second kappa shape index (κ2) is 6.23. The maximum absolute atomic E-state index is 12.0. The first-order chi connectivity index (χ1) is 8.73. The van der Waals surface area contributed by atoms with Gasteiger partial charge in [0.05, 0.1) is 19.1 Å². The highest BCUT2D eigenvalue weighted by atomic mass is 16.6. The Labute approximate surface area is 113 Å². The van der Waals surface area contributed by atoms with E-state index in [-0.39, 0.29) is 6.54 Å². The number of nitrogens with zero attached hydrogens (tertiary/aromatic N) is 1. The summed E-state index contributed by atoms with van der Waals surface area (Å²) < 4.78 is 9.98. The highest BCUT2D eigenvalue weighted by molar-refractivity contribution is 5.74. The SMILES string of the molecule is COC(=O)C1CC(O)CCN(C(=O)OC(C)(C)C)C1. The average molecular weight is 273 g/mol. The molecule has 0 saturated carbocycles. The highest BCUT2D eigenvalue weighted by Gasteiger charge is 2.32. The van der Waals surface area contributed by atoms with E-state index in [2.05, 4.69) is 0 Å². The summed E-state index contributed by atoms with van der Waals surface area (Å²) in [5, 5.41) is 9.75. The molecule has 0 radical (unpaired) electrons. The van der Waals surface area contributed by atoms with E-state index < -0.39 is 29.7 Å². The Hall–Kier alpha value is -1.30. The van der Waals surface area contributed by atoms with Crippen molar-refractivity contribution in [1.82, 2.24) is 4.90 Å². The zero-order valence-corrected chi connectivity index (χ0v) is 12.0. The number of carbonyl (C=O) groups excluding carboxylic acids is 2. The fourth-order valence-corrected chi connectivity index (χ4v) is 2.01. The number of ether oxygens (including phenoxy) is 2. The maximum atomic E-state index is 12.0. The minimum Gasteiger partial charge on any atom is -0.469 e. The van der Waals surface area contributed by atoms with E-state index in [4.69, 9.17) is 9.47 Å². The van der Waals surface area contributed by atoms with Crippen LogP contribution in [0.5, 0.6) is 0 Å². The lowest BCUT2D eigenvalue weighted by Crippen LogP contribution is -2.40. The zero-order chi connectivity index (χ0) is 14.6. The van der Waals surface area contributed by atoms with E-state index >= 15 is 0 Å². The number of amides is 1. The maximum Gasteiger partial charge on any atom is 0.410 e. The fraction of sp³-hybridized carbons (Fsp3) is 0.846. The Balaban J connectivity index is 2.72. The smallest absolute Gasteiger partial charge is 0.410 e. The van der Waals surface area contributed by atoms with E-state index in [1.54, 1.807) is 20.8 Å². The Morgan fingerprint density at radius 2 is 1.95 bits per heavy atom. The molecule has 1 saturated heterocycles. The molecule has 6 heteroatoms. The van der Waals surface area contributed by atoms with Crippen LogP contribution >= 0.6 is 0 Å². The number of carbonyl (C=O) groups is 2. The summed E-state index contributed by atoms with van der Waals surface area (Å²) in [5.74, 6) is -0.912. The molecule has 19 heavy (non-hydrogen) atoms. The number of likely N-dealkylation sites (tertiary alicyclic amines) is 1. The van der Waals surface area contributed by atoms with Gasteiger partial charge >= 0.3 is 12.1 Å². The minimum absolute atomic E-state index is 0.221. The van der Waals surface area contributed by atoms with Crippen LogP contribution in [0.4, 0.5) is 4.79 Å². The lowest BCUT2D eigenvalue weighted by molar-refractivity contribution is -0.146. The van der Waals surface area contributed by atoms with Crippen molar-refractivity contribution < 1.29 is 24.2 Å². The average Bonchev–Trinajstić information content (AvgIpc) is 2.48. The van der Waals surface area contributed by atoms with Crippen molar-refractivity contribution in [2.75, 3.05) is 20.2 Å². The van der Waals surface area contributed by atoms with Crippen LogP contribution in [0, 0.1) is 5.92 Å². The van der Waals surface area contributed by atoms with Gasteiger partial charge in [-0.1, -0.05) is 0 Å². The topological polar surface area (TPSA) is 76.1 Å². The number of aliphatic hydroxyl groups excluding tert-OH is 1.